The van der Waals surface area contributed by atoms with Crippen LogP contribution in [0, 0.1) is 11.8 Å². The molecule has 8 N–H and O–H groups in total. The number of phenols is 1. The van der Waals surface area contributed by atoms with Gasteiger partial charge in [0.25, 0.3) is 0 Å². The zero-order valence-electron chi connectivity index (χ0n) is 25.1. The summed E-state index contributed by atoms with van der Waals surface area (Å²) in [5.41, 5.74) is 8.47. The first-order valence-electron chi connectivity index (χ1n) is 14.7. The number of carboxylic acid groups (broad SMARTS) is 1. The van der Waals surface area contributed by atoms with Crippen LogP contribution in [0.5, 0.6) is 5.75 Å². The number of amides is 3. The Bertz CT molecular complexity index is 1400. The summed E-state index contributed by atoms with van der Waals surface area (Å²) in [6, 6.07) is 9.46. The van der Waals surface area contributed by atoms with Crippen LogP contribution in [0.3, 0.4) is 0 Å². The van der Waals surface area contributed by atoms with Gasteiger partial charge in [0.15, 0.2) is 0 Å². The van der Waals surface area contributed by atoms with Crippen molar-refractivity contribution in [2.45, 2.75) is 77.5 Å². The maximum Gasteiger partial charge on any atom is 0.326 e. The molecule has 3 aromatic rings. The molecule has 2 aromatic carbocycles. The van der Waals surface area contributed by atoms with Gasteiger partial charge in [0, 0.05) is 29.9 Å². The van der Waals surface area contributed by atoms with Crippen LogP contribution in [0.25, 0.3) is 10.9 Å². The van der Waals surface area contributed by atoms with E-state index in [1.165, 1.54) is 12.1 Å². The molecule has 1 heterocycles. The van der Waals surface area contributed by atoms with Crippen molar-refractivity contribution in [3.63, 3.8) is 0 Å². The number of hydrogen-bond acceptors (Lipinski definition) is 6. The lowest BCUT2D eigenvalue weighted by Gasteiger charge is -2.27. The van der Waals surface area contributed by atoms with Crippen molar-refractivity contribution in [1.82, 2.24) is 20.9 Å². The largest absolute Gasteiger partial charge is 0.508 e. The number of aromatic nitrogens is 1. The molecular formula is C32H43N5O6. The van der Waals surface area contributed by atoms with Crippen LogP contribution in [0.4, 0.5) is 0 Å². The molecule has 6 atom stereocenters. The molecule has 232 valence electrons. The predicted molar refractivity (Wildman–Crippen MR) is 164 cm³/mol. The Morgan fingerprint density at radius 2 is 1.40 bits per heavy atom. The van der Waals surface area contributed by atoms with Gasteiger partial charge >= 0.3 is 5.97 Å². The number of carboxylic acids is 1. The van der Waals surface area contributed by atoms with Crippen LogP contribution in [0.1, 0.15) is 51.7 Å². The highest BCUT2D eigenvalue weighted by atomic mass is 16.4. The minimum atomic E-state index is -1.18. The zero-order chi connectivity index (χ0) is 31.7. The third-order valence-electron chi connectivity index (χ3n) is 8.08. The number of rotatable bonds is 15. The van der Waals surface area contributed by atoms with Gasteiger partial charge in [-0.05, 0) is 41.2 Å². The molecule has 3 rings (SSSR count). The van der Waals surface area contributed by atoms with E-state index in [0.29, 0.717) is 18.4 Å². The van der Waals surface area contributed by atoms with Gasteiger partial charge in [0.1, 0.15) is 23.9 Å². The summed E-state index contributed by atoms with van der Waals surface area (Å²) < 4.78 is 0. The Morgan fingerprint density at radius 3 is 2.02 bits per heavy atom. The van der Waals surface area contributed by atoms with Crippen LogP contribution < -0.4 is 21.7 Å². The van der Waals surface area contributed by atoms with Crippen molar-refractivity contribution in [1.29, 1.82) is 0 Å². The first-order chi connectivity index (χ1) is 20.4. The predicted octanol–water partition coefficient (Wildman–Crippen LogP) is 2.62. The molecule has 0 aliphatic rings. The van der Waals surface area contributed by atoms with Gasteiger partial charge in [-0.15, -0.1) is 0 Å². The highest BCUT2D eigenvalue weighted by Crippen LogP contribution is 2.20. The third kappa shape index (κ3) is 8.81. The Morgan fingerprint density at radius 1 is 0.814 bits per heavy atom. The average molecular weight is 594 g/mol. The van der Waals surface area contributed by atoms with E-state index in [-0.39, 0.29) is 30.4 Å². The van der Waals surface area contributed by atoms with Crippen molar-refractivity contribution in [2.75, 3.05) is 0 Å². The van der Waals surface area contributed by atoms with Crippen molar-refractivity contribution in [2.24, 2.45) is 17.6 Å². The molecule has 43 heavy (non-hydrogen) atoms. The summed E-state index contributed by atoms with van der Waals surface area (Å²) in [6.45, 7) is 7.32. The van der Waals surface area contributed by atoms with Crippen molar-refractivity contribution < 1.29 is 29.4 Å². The summed E-state index contributed by atoms with van der Waals surface area (Å²) in [7, 11) is 0. The molecule has 0 radical (unpaired) electrons. The molecule has 0 fully saturated rings. The van der Waals surface area contributed by atoms with Crippen molar-refractivity contribution >= 4 is 34.6 Å². The number of H-pyrrole nitrogens is 1. The maximum absolute atomic E-state index is 13.9. The minimum Gasteiger partial charge on any atom is -0.508 e. The van der Waals surface area contributed by atoms with Crippen molar-refractivity contribution in [3.8, 4) is 5.75 Å². The van der Waals surface area contributed by atoms with Gasteiger partial charge in [-0.2, -0.15) is 0 Å². The smallest absolute Gasteiger partial charge is 0.326 e. The van der Waals surface area contributed by atoms with E-state index < -0.39 is 47.9 Å². The molecule has 0 aliphatic heterocycles. The normalized spacial score (nSPS) is 15.5. The molecule has 0 saturated carbocycles. The second-order valence-electron chi connectivity index (χ2n) is 11.2. The number of hydrogen-bond donors (Lipinski definition) is 7. The number of carbonyl (C=O) groups is 4. The lowest BCUT2D eigenvalue weighted by atomic mass is 9.97. The lowest BCUT2D eigenvalue weighted by molar-refractivity contribution is -0.143. The monoisotopic (exact) mass is 593 g/mol. The fourth-order valence-electron chi connectivity index (χ4n) is 4.80. The molecule has 0 saturated heterocycles. The molecular weight excluding hydrogens is 550 g/mol. The van der Waals surface area contributed by atoms with Gasteiger partial charge in [-0.1, -0.05) is 70.9 Å². The highest BCUT2D eigenvalue weighted by molar-refractivity contribution is 5.95. The van der Waals surface area contributed by atoms with E-state index in [9.17, 15) is 29.4 Å². The molecule has 0 bridgehead atoms. The number of fused-ring (bicyclic) bond motifs is 1. The van der Waals surface area contributed by atoms with Crippen LogP contribution in [-0.2, 0) is 32.0 Å². The number of phenolic OH excluding ortho intramolecular Hbond substituents is 1. The van der Waals surface area contributed by atoms with E-state index in [1.807, 2.05) is 45.0 Å². The lowest BCUT2D eigenvalue weighted by Crippen LogP contribution is -2.59. The number of aliphatic carboxylic acids is 1. The summed E-state index contributed by atoms with van der Waals surface area (Å²) in [5, 5.41) is 28.5. The van der Waals surface area contributed by atoms with E-state index in [4.69, 9.17) is 5.73 Å². The van der Waals surface area contributed by atoms with E-state index in [1.54, 1.807) is 25.3 Å². The summed E-state index contributed by atoms with van der Waals surface area (Å²) in [4.78, 5) is 55.6. The molecule has 0 aliphatic carbocycles. The van der Waals surface area contributed by atoms with Crippen molar-refractivity contribution in [3.05, 3.63) is 65.9 Å². The topological polar surface area (TPSA) is 187 Å². The number of benzene rings is 2. The first kappa shape index (κ1) is 33.1. The Labute approximate surface area is 251 Å². The maximum atomic E-state index is 13.9. The molecule has 11 heteroatoms. The number of nitrogens with one attached hydrogen (secondary N) is 4. The van der Waals surface area contributed by atoms with E-state index >= 15 is 0 Å². The van der Waals surface area contributed by atoms with Gasteiger partial charge in [-0.25, -0.2) is 4.79 Å². The minimum absolute atomic E-state index is 0.0187. The van der Waals surface area contributed by atoms with Gasteiger partial charge in [0.2, 0.25) is 17.7 Å². The van der Waals surface area contributed by atoms with Gasteiger partial charge in [0.05, 0.1) is 6.04 Å². The first-order valence-corrected chi connectivity index (χ1v) is 14.7. The highest BCUT2D eigenvalue weighted by Gasteiger charge is 2.33. The Hall–Kier alpha value is -4.38. The van der Waals surface area contributed by atoms with Crippen LogP contribution >= 0.6 is 0 Å². The van der Waals surface area contributed by atoms with Crippen LogP contribution in [0.15, 0.2) is 54.7 Å². The SMILES string of the molecule is CCC(C)C(N)C(=O)NC(Cc1c[nH]c2ccccc12)C(=O)NC(Cc1ccc(O)cc1)C(=O)NC(C(=O)O)C(C)CC. The fraction of sp³-hybridized carbons (Fsp3) is 0.438. The Kier molecular flexibility index (Phi) is 11.7. The number of carbonyl (C=O) groups excluding carboxylic acids is 3. The second kappa shape index (κ2) is 15.2. The molecule has 0 spiro atoms. The second-order valence-corrected chi connectivity index (χ2v) is 11.2. The fourth-order valence-corrected chi connectivity index (χ4v) is 4.80. The zero-order valence-corrected chi connectivity index (χ0v) is 25.1. The number of nitrogens with two attached hydrogens (primary N) is 1. The quantitative estimate of drug-likeness (QED) is 0.141. The van der Waals surface area contributed by atoms with Crippen LogP contribution in [-0.4, -0.2) is 63.1 Å². The van der Waals surface area contributed by atoms with Gasteiger partial charge < -0.3 is 36.9 Å². The number of aromatic amines is 1. The van der Waals surface area contributed by atoms with E-state index in [0.717, 1.165) is 16.5 Å². The van der Waals surface area contributed by atoms with Gasteiger partial charge in [-0.3, -0.25) is 14.4 Å². The van der Waals surface area contributed by atoms with E-state index in [2.05, 4.69) is 20.9 Å². The summed E-state index contributed by atoms with van der Waals surface area (Å²) in [5.74, 6) is -3.42. The summed E-state index contributed by atoms with van der Waals surface area (Å²) >= 11 is 0. The Balaban J connectivity index is 1.92. The number of aromatic hydroxyl groups is 1. The molecule has 3 amide bonds. The van der Waals surface area contributed by atoms with Crippen LogP contribution in [0.2, 0.25) is 0 Å². The number of para-hydroxylation sites is 1. The third-order valence-corrected chi connectivity index (χ3v) is 8.08. The molecule has 1 aromatic heterocycles. The molecule has 11 nitrogen and oxygen atoms in total. The summed E-state index contributed by atoms with van der Waals surface area (Å²) in [6.07, 6.45) is 3.10. The molecule has 6 unspecified atom stereocenters. The average Bonchev–Trinajstić information content (AvgIpc) is 3.41. The standard InChI is InChI=1S/C32H43N5O6/c1-5-18(3)27(33)31(41)36-26(16-21-17-34-24-10-8-7-9-23(21)24)29(39)35-25(15-20-11-13-22(38)14-12-20)30(40)37-28(32(42)43)19(4)6-2/h7-14,17-19,25-28,34,38H,5-6,15-16,33H2,1-4H3,(H,35,39)(H,36,41)(H,37,40)(H,42,43).